The van der Waals surface area contributed by atoms with Crippen molar-refractivity contribution in [3.63, 3.8) is 0 Å². The molecular formula is C9H13N3OS. The Kier molecular flexibility index (Phi) is 3.76. The summed E-state index contributed by atoms with van der Waals surface area (Å²) in [5, 5.41) is 0. The molecule has 2 N–H and O–H groups in total. The molecule has 0 unspecified atom stereocenters. The Bertz CT molecular complexity index is 386. The fourth-order valence-electron chi connectivity index (χ4n) is 1.15. The molecular weight excluding hydrogens is 198 g/mol. The maximum atomic E-state index is 11.2. The molecule has 0 spiro atoms. The molecule has 76 valence electrons. The van der Waals surface area contributed by atoms with Crippen molar-refractivity contribution in [1.29, 1.82) is 0 Å². The van der Waals surface area contributed by atoms with Gasteiger partial charge in [0.05, 0.1) is 4.99 Å². The van der Waals surface area contributed by atoms with Gasteiger partial charge in [-0.15, -0.1) is 0 Å². The summed E-state index contributed by atoms with van der Waals surface area (Å²) in [5.41, 5.74) is 6.10. The summed E-state index contributed by atoms with van der Waals surface area (Å²) in [7, 11) is 0. The van der Waals surface area contributed by atoms with Crippen LogP contribution in [0.25, 0.3) is 0 Å². The van der Waals surface area contributed by atoms with Crippen molar-refractivity contribution >= 4 is 17.2 Å². The van der Waals surface area contributed by atoms with Crippen molar-refractivity contribution < 1.29 is 0 Å². The summed E-state index contributed by atoms with van der Waals surface area (Å²) in [5.74, 6) is 0. The fraction of sp³-hybridized carbons (Fsp3) is 0.444. The van der Waals surface area contributed by atoms with Crippen molar-refractivity contribution in [1.82, 2.24) is 9.55 Å². The number of hydrogen-bond donors (Lipinski definition) is 1. The van der Waals surface area contributed by atoms with E-state index < -0.39 is 0 Å². The van der Waals surface area contributed by atoms with Gasteiger partial charge in [-0.1, -0.05) is 12.2 Å². The van der Waals surface area contributed by atoms with Gasteiger partial charge in [0.15, 0.2) is 0 Å². The van der Waals surface area contributed by atoms with Gasteiger partial charge in [0.1, 0.15) is 0 Å². The highest BCUT2D eigenvalue weighted by Crippen LogP contribution is 1.95. The molecule has 0 saturated carbocycles. The van der Waals surface area contributed by atoms with Crippen LogP contribution in [0.3, 0.4) is 0 Å². The molecule has 0 atom stereocenters. The SMILES string of the molecule is Cc1cnc(=O)n(CCCC(N)=S)c1. The first-order valence-corrected chi connectivity index (χ1v) is 4.82. The van der Waals surface area contributed by atoms with E-state index in [0.29, 0.717) is 18.0 Å². The molecule has 0 radical (unpaired) electrons. The molecule has 0 aromatic carbocycles. The third-order valence-corrected chi connectivity index (χ3v) is 2.01. The Hall–Kier alpha value is -1.23. The predicted molar refractivity (Wildman–Crippen MR) is 59.3 cm³/mol. The van der Waals surface area contributed by atoms with Crippen molar-refractivity contribution in [2.24, 2.45) is 5.73 Å². The van der Waals surface area contributed by atoms with E-state index in [2.05, 4.69) is 4.98 Å². The summed E-state index contributed by atoms with van der Waals surface area (Å²) in [4.78, 5) is 15.4. The van der Waals surface area contributed by atoms with Crippen molar-refractivity contribution in [2.75, 3.05) is 0 Å². The number of nitrogens with two attached hydrogens (primary N) is 1. The first-order chi connectivity index (χ1) is 6.59. The van der Waals surface area contributed by atoms with E-state index in [1.165, 1.54) is 0 Å². The van der Waals surface area contributed by atoms with Crippen LogP contribution in [0.5, 0.6) is 0 Å². The molecule has 0 amide bonds. The number of thiocarbonyl (C=S) groups is 1. The Balaban J connectivity index is 2.62. The second kappa shape index (κ2) is 4.85. The Morgan fingerprint density at radius 3 is 3.07 bits per heavy atom. The molecule has 1 aromatic rings. The standard InChI is InChI=1S/C9H13N3OS/c1-7-5-11-9(13)12(6-7)4-2-3-8(10)14/h5-6H,2-4H2,1H3,(H2,10,14). The van der Waals surface area contributed by atoms with Crippen LogP contribution in [-0.2, 0) is 6.54 Å². The normalized spacial score (nSPS) is 10.1. The maximum absolute atomic E-state index is 11.2. The predicted octanol–water partition coefficient (Wildman–Crippen LogP) is 0.618. The fourth-order valence-corrected chi connectivity index (χ4v) is 1.29. The molecule has 5 heteroatoms. The van der Waals surface area contributed by atoms with E-state index in [0.717, 1.165) is 12.0 Å². The molecule has 14 heavy (non-hydrogen) atoms. The lowest BCUT2D eigenvalue weighted by atomic mass is 10.3. The summed E-state index contributed by atoms with van der Waals surface area (Å²) >= 11 is 4.74. The number of aryl methyl sites for hydroxylation is 2. The molecule has 0 aliphatic heterocycles. The van der Waals surface area contributed by atoms with Gasteiger partial charge in [0, 0.05) is 18.9 Å². The van der Waals surface area contributed by atoms with Gasteiger partial charge in [0.25, 0.3) is 0 Å². The average molecular weight is 211 g/mol. The zero-order chi connectivity index (χ0) is 10.6. The number of hydrogen-bond acceptors (Lipinski definition) is 3. The minimum atomic E-state index is -0.224. The highest BCUT2D eigenvalue weighted by molar-refractivity contribution is 7.80. The number of rotatable bonds is 4. The quantitative estimate of drug-likeness (QED) is 0.742. The van der Waals surface area contributed by atoms with Crippen LogP contribution in [0, 0.1) is 6.92 Å². The van der Waals surface area contributed by atoms with Crippen LogP contribution < -0.4 is 11.4 Å². The van der Waals surface area contributed by atoms with Crippen LogP contribution in [0.1, 0.15) is 18.4 Å². The van der Waals surface area contributed by atoms with Crippen LogP contribution >= 0.6 is 12.2 Å². The van der Waals surface area contributed by atoms with E-state index in [9.17, 15) is 4.79 Å². The van der Waals surface area contributed by atoms with Gasteiger partial charge in [-0.3, -0.25) is 4.57 Å². The van der Waals surface area contributed by atoms with E-state index in [1.807, 2.05) is 6.92 Å². The van der Waals surface area contributed by atoms with Crippen molar-refractivity contribution in [3.8, 4) is 0 Å². The minimum absolute atomic E-state index is 0.224. The molecule has 0 aliphatic rings. The number of nitrogens with zero attached hydrogens (tertiary/aromatic N) is 2. The van der Waals surface area contributed by atoms with Gasteiger partial charge in [-0.25, -0.2) is 9.78 Å². The summed E-state index contributed by atoms with van der Waals surface area (Å²) in [6.45, 7) is 2.52. The second-order valence-corrected chi connectivity index (χ2v) is 3.70. The van der Waals surface area contributed by atoms with Crippen molar-refractivity contribution in [3.05, 3.63) is 28.4 Å². The van der Waals surface area contributed by atoms with Crippen molar-refractivity contribution in [2.45, 2.75) is 26.3 Å². The lowest BCUT2D eigenvalue weighted by Gasteiger charge is -2.04. The summed E-state index contributed by atoms with van der Waals surface area (Å²) in [6, 6.07) is 0. The molecule has 0 fully saturated rings. The van der Waals surface area contributed by atoms with Gasteiger partial charge >= 0.3 is 5.69 Å². The van der Waals surface area contributed by atoms with E-state index in [1.54, 1.807) is 17.0 Å². The first kappa shape index (κ1) is 10.8. The average Bonchev–Trinajstić information content (AvgIpc) is 2.10. The Morgan fingerprint density at radius 2 is 2.43 bits per heavy atom. The molecule has 0 aliphatic carbocycles. The monoisotopic (exact) mass is 211 g/mol. The summed E-state index contributed by atoms with van der Waals surface area (Å²) < 4.78 is 1.58. The zero-order valence-corrected chi connectivity index (χ0v) is 8.88. The molecule has 1 heterocycles. The van der Waals surface area contributed by atoms with Crippen LogP contribution in [0.4, 0.5) is 0 Å². The first-order valence-electron chi connectivity index (χ1n) is 4.41. The third-order valence-electron chi connectivity index (χ3n) is 1.81. The maximum Gasteiger partial charge on any atom is 0.347 e. The zero-order valence-electron chi connectivity index (χ0n) is 8.06. The van der Waals surface area contributed by atoms with Gasteiger partial charge in [-0.05, 0) is 25.3 Å². The molecule has 1 aromatic heterocycles. The Labute approximate surface area is 87.8 Å². The molecule has 4 nitrogen and oxygen atoms in total. The largest absolute Gasteiger partial charge is 0.393 e. The van der Waals surface area contributed by atoms with Crippen LogP contribution in [0.15, 0.2) is 17.2 Å². The second-order valence-electron chi connectivity index (χ2n) is 3.18. The van der Waals surface area contributed by atoms with Crippen LogP contribution in [-0.4, -0.2) is 14.5 Å². The van der Waals surface area contributed by atoms with Crippen LogP contribution in [0.2, 0.25) is 0 Å². The lowest BCUT2D eigenvalue weighted by Crippen LogP contribution is -2.23. The smallest absolute Gasteiger partial charge is 0.347 e. The molecule has 0 saturated heterocycles. The third kappa shape index (κ3) is 3.26. The topological polar surface area (TPSA) is 60.9 Å². The van der Waals surface area contributed by atoms with Gasteiger partial charge in [0.2, 0.25) is 0 Å². The van der Waals surface area contributed by atoms with E-state index in [4.69, 9.17) is 18.0 Å². The molecule has 0 bridgehead atoms. The van der Waals surface area contributed by atoms with Gasteiger partial charge < -0.3 is 5.73 Å². The Morgan fingerprint density at radius 1 is 1.71 bits per heavy atom. The highest BCUT2D eigenvalue weighted by atomic mass is 32.1. The summed E-state index contributed by atoms with van der Waals surface area (Å²) in [6.07, 6.45) is 4.79. The number of aromatic nitrogens is 2. The van der Waals surface area contributed by atoms with E-state index in [-0.39, 0.29) is 5.69 Å². The van der Waals surface area contributed by atoms with Gasteiger partial charge in [-0.2, -0.15) is 0 Å². The lowest BCUT2D eigenvalue weighted by molar-refractivity contribution is 0.617. The minimum Gasteiger partial charge on any atom is -0.393 e. The highest BCUT2D eigenvalue weighted by Gasteiger charge is 1.97. The van der Waals surface area contributed by atoms with E-state index >= 15 is 0 Å². The molecule has 1 rings (SSSR count).